The van der Waals surface area contributed by atoms with Crippen molar-refractivity contribution in [2.75, 3.05) is 46.2 Å². The van der Waals surface area contributed by atoms with Gasteiger partial charge < -0.3 is 42.5 Å². The summed E-state index contributed by atoms with van der Waals surface area (Å²) in [6.45, 7) is 36.6. The van der Waals surface area contributed by atoms with Crippen LogP contribution in [0.1, 0.15) is 109 Å². The number of allylic oxidation sites excluding steroid dienone is 2. The van der Waals surface area contributed by atoms with Crippen molar-refractivity contribution in [1.29, 1.82) is 0 Å². The molecule has 0 N–H and O–H groups in total. The summed E-state index contributed by atoms with van der Waals surface area (Å²) in [6, 6.07) is 3.59. The largest absolute Gasteiger partial charge is 0.490 e. The number of rotatable bonds is 18. The molecule has 0 aromatic carbocycles. The number of hydrogen-bond acceptors (Lipinski definition) is 13. The Labute approximate surface area is 472 Å². The number of carbonyl (C=O) groups is 1. The Morgan fingerprint density at radius 3 is 1.49 bits per heavy atom. The van der Waals surface area contributed by atoms with Crippen LogP contribution in [0.3, 0.4) is 0 Å². The van der Waals surface area contributed by atoms with Gasteiger partial charge in [0.2, 0.25) is 0 Å². The number of ketones is 1. The normalized spacial score (nSPS) is 21.1. The zero-order chi connectivity index (χ0) is 55.3. The molecule has 3 saturated heterocycles. The summed E-state index contributed by atoms with van der Waals surface area (Å²) < 4.78 is 58.8. The van der Waals surface area contributed by atoms with Crippen LogP contribution < -0.4 is 0 Å². The van der Waals surface area contributed by atoms with Gasteiger partial charge in [-0.3, -0.25) is 4.79 Å². The molecule has 3 aromatic rings. The number of ether oxygens (including phenoxy) is 7. The molecular formula is C55H94BIN6O10Si3. The first-order valence-corrected chi connectivity index (χ1v) is 40.2. The highest BCUT2D eigenvalue weighted by Gasteiger charge is 2.53. The number of nitrogens with zero attached hydrogens (tertiary/aromatic N) is 6. The number of aromatic nitrogens is 6. The van der Waals surface area contributed by atoms with Crippen molar-refractivity contribution in [2.24, 2.45) is 0 Å². The highest BCUT2D eigenvalue weighted by Crippen LogP contribution is 2.43. The molecule has 3 aliphatic carbocycles. The quantitative estimate of drug-likeness (QED) is 0.0675. The predicted octanol–water partition coefficient (Wildman–Crippen LogP) is 12.2. The van der Waals surface area contributed by atoms with Gasteiger partial charge in [0.05, 0.1) is 59.8 Å². The molecule has 426 valence electrons. The minimum absolute atomic E-state index is 0.219. The van der Waals surface area contributed by atoms with Crippen molar-refractivity contribution in [3.63, 3.8) is 0 Å². The molecule has 16 nitrogen and oxygen atoms in total. The molecule has 1 saturated carbocycles. The van der Waals surface area contributed by atoms with Crippen LogP contribution in [0.5, 0.6) is 0 Å². The van der Waals surface area contributed by atoms with Crippen molar-refractivity contribution in [3.05, 3.63) is 69.5 Å². The van der Waals surface area contributed by atoms with Gasteiger partial charge in [0, 0.05) is 107 Å². The van der Waals surface area contributed by atoms with E-state index in [-0.39, 0.29) is 29.9 Å². The van der Waals surface area contributed by atoms with E-state index >= 15 is 0 Å². The van der Waals surface area contributed by atoms with E-state index in [0.29, 0.717) is 45.1 Å². The molecule has 0 atom stereocenters. The summed E-state index contributed by atoms with van der Waals surface area (Å²) in [7, 11) is -3.20. The third-order valence-electron chi connectivity index (χ3n) is 15.0. The van der Waals surface area contributed by atoms with E-state index in [0.717, 1.165) is 101 Å². The van der Waals surface area contributed by atoms with E-state index in [1.165, 1.54) is 40.3 Å². The van der Waals surface area contributed by atoms with Crippen molar-refractivity contribution in [2.45, 2.75) is 218 Å². The average Bonchev–Trinajstić information content (AvgIpc) is 4.23. The second-order valence-corrected chi connectivity index (χ2v) is 44.0. The van der Waals surface area contributed by atoms with E-state index in [4.69, 9.17) is 42.5 Å². The van der Waals surface area contributed by atoms with E-state index in [9.17, 15) is 4.79 Å². The van der Waals surface area contributed by atoms with Crippen LogP contribution in [0.2, 0.25) is 77.1 Å². The fourth-order valence-corrected chi connectivity index (χ4v) is 11.9. The van der Waals surface area contributed by atoms with E-state index in [1.54, 1.807) is 0 Å². The monoisotopic (exact) mass is 1220 g/mol. The molecule has 0 radical (unpaired) electrons. The topological polar surface area (TPSA) is 154 Å². The number of carbonyl (C=O) groups excluding carboxylic acids is 1. The maximum atomic E-state index is 11.3. The van der Waals surface area contributed by atoms with Crippen LogP contribution in [0.15, 0.2) is 54.8 Å². The maximum absolute atomic E-state index is 11.3. The van der Waals surface area contributed by atoms with Crippen molar-refractivity contribution >= 4 is 65.3 Å². The standard InChI is InChI=1S/C17H28N2O3Si.C15H26N2O2Si.C14H23BO4.C9H17IN2OSi/c1-23(2,3)11-10-20-14-19-13-16(12-18-19)15-4-6-17(7-5-15)21-8-9-22-17;1-20(2,3)9-8-19-12-17-11-14(10-16-17)13-4-6-15(18)7-5-13;1-12(2)13(3,4)19-15(18-12)11-5-7-14(8-6-11)16-9-10-17-14;1-14(2,3)5-4-13-8-12-7-9(10)6-11-12/h4,12-13H,5-11,14H2,1-3H3;10-11,13H,4-9,12H2,1-3H3;5H,6-10H2,1-4H3;6-7H,4-5,8H2,1-3H3. The average molecular weight is 1220 g/mol. The predicted molar refractivity (Wildman–Crippen MR) is 317 cm³/mol. The van der Waals surface area contributed by atoms with Gasteiger partial charge in [-0.1, -0.05) is 71.1 Å². The lowest BCUT2D eigenvalue weighted by atomic mass is 9.71. The van der Waals surface area contributed by atoms with Gasteiger partial charge in [-0.15, -0.1) is 0 Å². The molecule has 2 spiro atoms. The molecule has 4 fully saturated rings. The molecule has 6 heterocycles. The Hall–Kier alpha value is -2.13. The molecular weight excluding hydrogens is 1130 g/mol. The van der Waals surface area contributed by atoms with Crippen LogP contribution in [0.25, 0.3) is 5.57 Å². The Kier molecular flexibility index (Phi) is 23.3. The Morgan fingerprint density at radius 1 is 0.605 bits per heavy atom. The number of hydrogen-bond donors (Lipinski definition) is 0. The van der Waals surface area contributed by atoms with E-state index in [2.05, 4.69) is 149 Å². The molecule has 3 aromatic heterocycles. The van der Waals surface area contributed by atoms with Gasteiger partial charge in [0.25, 0.3) is 0 Å². The van der Waals surface area contributed by atoms with Gasteiger partial charge >= 0.3 is 7.12 Å². The lowest BCUT2D eigenvalue weighted by Crippen LogP contribution is -2.41. The van der Waals surface area contributed by atoms with Crippen molar-refractivity contribution in [1.82, 2.24) is 29.3 Å². The second-order valence-electron chi connectivity index (χ2n) is 25.9. The lowest BCUT2D eigenvalue weighted by Gasteiger charge is -2.32. The zero-order valence-corrected chi connectivity index (χ0v) is 53.8. The molecule has 0 unspecified atom stereocenters. The third kappa shape index (κ3) is 20.8. The van der Waals surface area contributed by atoms with Gasteiger partial charge in [-0.05, 0) is 117 Å². The first-order valence-electron chi connectivity index (χ1n) is 28.0. The first kappa shape index (κ1) is 63.1. The minimum Gasteiger partial charge on any atom is -0.400 e. The SMILES string of the molecule is CC1(C)OB(C2=CCC3(CC2)OCCO3)OC1(C)C.C[Si](C)(C)CCOCn1cc(C2=CCC3(CC2)OCCO3)cn1.C[Si](C)(C)CCOCn1cc(C2CCC(=O)CC2)cn1.C[Si](C)(C)CCOCn1cc(I)cn1. The molecule has 76 heavy (non-hydrogen) atoms. The fourth-order valence-electron chi connectivity index (χ4n) is 9.17. The molecule has 9 rings (SSSR count). The molecule has 6 aliphatic rings. The van der Waals surface area contributed by atoms with E-state index < -0.39 is 24.2 Å². The molecule has 0 bridgehead atoms. The summed E-state index contributed by atoms with van der Waals surface area (Å²) in [4.78, 5) is 11.3. The number of Topliss-reactive ketones (excluding diaryl/α,β-unsaturated/α-hetero) is 1. The van der Waals surface area contributed by atoms with Crippen LogP contribution in [0, 0.1) is 3.57 Å². The van der Waals surface area contributed by atoms with Crippen molar-refractivity contribution < 1.29 is 47.3 Å². The van der Waals surface area contributed by atoms with Crippen LogP contribution in [-0.4, -0.2) is 135 Å². The van der Waals surface area contributed by atoms with Gasteiger partial charge in [0.15, 0.2) is 11.6 Å². The van der Waals surface area contributed by atoms with Gasteiger partial charge in [-0.25, -0.2) is 14.0 Å². The summed E-state index contributed by atoms with van der Waals surface area (Å²) in [5.74, 6) is 0.193. The number of halogens is 1. The van der Waals surface area contributed by atoms with Crippen LogP contribution in [-0.2, 0) is 67.5 Å². The fraction of sp³-hybridized carbons (Fsp3) is 0.745. The van der Waals surface area contributed by atoms with Crippen molar-refractivity contribution in [3.8, 4) is 0 Å². The second kappa shape index (κ2) is 28.0. The molecule has 3 aliphatic heterocycles. The lowest BCUT2D eigenvalue weighted by molar-refractivity contribution is -0.161. The summed E-state index contributed by atoms with van der Waals surface area (Å²) in [5, 5.41) is 12.9. The Bertz CT molecular complexity index is 2300. The Balaban J connectivity index is 0.000000167. The summed E-state index contributed by atoms with van der Waals surface area (Å²) in [5.41, 5.74) is 4.46. The smallest absolute Gasteiger partial charge is 0.400 e. The summed E-state index contributed by atoms with van der Waals surface area (Å²) >= 11 is 2.24. The highest BCUT2D eigenvalue weighted by molar-refractivity contribution is 14.1. The minimum atomic E-state index is -1.02. The van der Waals surface area contributed by atoms with E-state index in [1.807, 2.05) is 38.8 Å². The third-order valence-corrected chi connectivity index (χ3v) is 20.7. The van der Waals surface area contributed by atoms with Gasteiger partial charge in [0.1, 0.15) is 26.0 Å². The first-order chi connectivity index (χ1) is 35.7. The van der Waals surface area contributed by atoms with Crippen LogP contribution in [0.4, 0.5) is 0 Å². The maximum Gasteiger partial charge on any atom is 0.490 e. The highest BCUT2D eigenvalue weighted by atomic mass is 127. The molecule has 21 heteroatoms. The zero-order valence-electron chi connectivity index (χ0n) is 48.7. The van der Waals surface area contributed by atoms with Gasteiger partial charge in [-0.2, -0.15) is 15.3 Å². The van der Waals surface area contributed by atoms with Crippen LogP contribution >= 0.6 is 22.6 Å². The molecule has 0 amide bonds. The Morgan fingerprint density at radius 2 is 1.05 bits per heavy atom. The summed E-state index contributed by atoms with van der Waals surface area (Å²) in [6.07, 6.45) is 25.0.